The van der Waals surface area contributed by atoms with Crippen molar-refractivity contribution < 1.29 is 13.2 Å². The first kappa shape index (κ1) is 84.8. The van der Waals surface area contributed by atoms with Crippen molar-refractivity contribution in [3.05, 3.63) is 244 Å². The van der Waals surface area contributed by atoms with E-state index in [4.69, 9.17) is 80.1 Å². The maximum absolute atomic E-state index is 12.9. The van der Waals surface area contributed by atoms with Gasteiger partial charge in [-0.25, -0.2) is 49.8 Å². The highest BCUT2D eigenvalue weighted by Crippen LogP contribution is 2.37. The molecule has 0 unspecified atom stereocenters. The third kappa shape index (κ3) is 23.5. The Morgan fingerprint density at radius 1 is 0.386 bits per heavy atom. The Hall–Kier alpha value is -11.7. The van der Waals surface area contributed by atoms with Gasteiger partial charge in [0.1, 0.15) is 52.9 Å². The van der Waals surface area contributed by atoms with E-state index in [9.17, 15) is 13.2 Å². The number of benzene rings is 5. The Labute approximate surface area is 687 Å². The van der Waals surface area contributed by atoms with Crippen LogP contribution in [0.25, 0.3) is 56.5 Å². The third-order valence-corrected chi connectivity index (χ3v) is 19.4. The molecule has 0 spiro atoms. The number of nitrogens with zero attached hydrogens (tertiary/aromatic N) is 14. The second-order valence-electron chi connectivity index (χ2n) is 25.6. The maximum atomic E-state index is 12.9. The lowest BCUT2D eigenvalue weighted by atomic mass is 10.1. The van der Waals surface area contributed by atoms with Crippen LogP contribution in [0.4, 0.5) is 59.7 Å². The molecule has 5 aromatic carbocycles. The minimum absolute atomic E-state index is 0.0619. The van der Waals surface area contributed by atoms with Crippen LogP contribution in [0.2, 0.25) is 30.1 Å². The molecule has 0 aliphatic heterocycles. The minimum atomic E-state index is -4.47. The molecule has 0 radical (unpaired) electrons. The van der Waals surface area contributed by atoms with Gasteiger partial charge >= 0.3 is 6.18 Å². The van der Waals surface area contributed by atoms with E-state index >= 15 is 0 Å². The third-order valence-electron chi connectivity index (χ3n) is 17.7. The number of hydrogen-bond acceptors (Lipinski definition) is 22. The van der Waals surface area contributed by atoms with Gasteiger partial charge in [0.15, 0.2) is 29.1 Å². The summed E-state index contributed by atoms with van der Waals surface area (Å²) in [5.41, 5.74) is 11.2. The predicted molar refractivity (Wildman–Crippen MR) is 453 cm³/mol. The number of alkyl halides is 3. The molecule has 586 valence electrons. The van der Waals surface area contributed by atoms with Crippen LogP contribution < -0.4 is 42.5 Å². The average Bonchev–Trinajstić information content (AvgIpc) is 0.980. The maximum Gasteiger partial charge on any atom is 0.416 e. The topological polar surface area (TPSA) is 330 Å². The van der Waals surface area contributed by atoms with Crippen LogP contribution in [0.5, 0.6) is 0 Å². The van der Waals surface area contributed by atoms with E-state index < -0.39 is 11.7 Å². The van der Waals surface area contributed by atoms with Crippen molar-refractivity contribution in [1.29, 1.82) is 10.5 Å². The Bertz CT molecular complexity index is 5530. The smallest absolute Gasteiger partial charge is 0.370 e. The molecule has 0 saturated carbocycles. The van der Waals surface area contributed by atoms with Gasteiger partial charge in [0.2, 0.25) is 0 Å². The lowest BCUT2D eigenvalue weighted by Crippen LogP contribution is -2.16. The van der Waals surface area contributed by atoms with Crippen molar-refractivity contribution in [3.63, 3.8) is 0 Å². The summed E-state index contributed by atoms with van der Waals surface area (Å²) >= 11 is 37.0. The second-order valence-corrected chi connectivity index (χ2v) is 28.1. The largest absolute Gasteiger partial charge is 0.416 e. The van der Waals surface area contributed by atoms with E-state index in [1.54, 1.807) is 60.9 Å². The van der Waals surface area contributed by atoms with Gasteiger partial charge in [-0.05, 0) is 177 Å². The molecule has 114 heavy (non-hydrogen) atoms. The number of hydrogen-bond donors (Lipinski definition) is 10. The molecule has 0 amide bonds. The SMILES string of the molecule is Cc1nc(-c2ccc(C(F)(F)F)cc2Cl)nc(NCCCNc2ccc(C#N)cn2)c1C.Cc1nc(-c2ccc(Cl)cc2Cl)nc(NCCNc2ccn[nH]2)c1C.Cc1nc(-c2ccc(Cl)cc2Cl)nc(NCCNc2n[nH]c3ccccc23)c1C.Cc1nc(-c2ccccc2Cl)nc(NCCCNc2ccc(C#N)cn2)c1C. The Kier molecular flexibility index (Phi) is 30.2. The summed E-state index contributed by atoms with van der Waals surface area (Å²) < 4.78 is 38.7. The number of H-pyrrole nitrogens is 2. The molecule has 13 aromatic rings. The van der Waals surface area contributed by atoms with E-state index in [-0.39, 0.29) is 10.8 Å². The fraction of sp³-hybridized carbons (Fsp3) is 0.235. The van der Waals surface area contributed by atoms with E-state index in [0.29, 0.717) is 109 Å². The second kappa shape index (κ2) is 40.7. The number of para-hydroxylation sites is 1. The number of aromatic amines is 2. The average molecular weight is 1660 g/mol. The highest BCUT2D eigenvalue weighted by Gasteiger charge is 2.31. The van der Waals surface area contributed by atoms with Crippen molar-refractivity contribution in [3.8, 4) is 57.7 Å². The molecule has 13 rings (SSSR count). The highest BCUT2D eigenvalue weighted by atomic mass is 35.5. The zero-order chi connectivity index (χ0) is 81.4. The molecule has 33 heteroatoms. The summed E-state index contributed by atoms with van der Waals surface area (Å²) in [7, 11) is 0. The van der Waals surface area contributed by atoms with E-state index in [1.807, 2.05) is 128 Å². The van der Waals surface area contributed by atoms with Crippen molar-refractivity contribution in [2.24, 2.45) is 0 Å². The molecule has 24 nitrogen and oxygen atoms in total. The molecular formula is C81H79Cl6F3N24. The standard InChI is InChI=1S/C22H20ClF3N6.C21H20Cl2N6.C21H21ClN6.C17H18Cl2N6/c1-13-14(2)31-21(17-6-5-16(10-18(17)23)22(24,25)26)32-20(13)29-9-3-8-28-19-7-4-15(11-27)12-30-19;1-12-13(2)26-21(15-8-7-14(22)11-17(15)23)27-19(12)24-9-10-25-20-16-5-3-4-6-18(16)28-29-20;1-14-15(2)27-21(17-6-3-4-7-18(17)22)28-20(14)25-11-5-10-24-19-9-8-16(12-23)13-26-19;1-10-11(2)23-17(13-4-3-12(18)9-14(13)19)24-16(10)21-8-7-20-15-5-6-22-25-15/h4-7,10,12H,3,8-9H2,1-2H3,(H,28,30)(H,29,31,32);3-8,11H,9-10H2,1-2H3,(H,24,26,27)(H2,25,28,29);3-4,6-9,13H,5,10-11H2,1-2H3,(H,24,26)(H,25,27,28);3-6,9H,7-8H2,1-2H3,(H2,20,22,25)(H,21,23,24). The quantitative estimate of drug-likeness (QED) is 0.0225. The fourth-order valence-corrected chi connectivity index (χ4v) is 12.4. The molecule has 0 fully saturated rings. The van der Waals surface area contributed by atoms with E-state index in [2.05, 4.69) is 119 Å². The molecule has 0 aliphatic carbocycles. The lowest BCUT2D eigenvalue weighted by molar-refractivity contribution is -0.137. The van der Waals surface area contributed by atoms with Crippen molar-refractivity contribution in [2.45, 2.75) is 74.4 Å². The number of anilines is 8. The van der Waals surface area contributed by atoms with Crippen molar-refractivity contribution in [1.82, 2.24) is 70.2 Å². The number of aromatic nitrogens is 14. The predicted octanol–water partition coefficient (Wildman–Crippen LogP) is 20.0. The van der Waals surface area contributed by atoms with Crippen molar-refractivity contribution in [2.75, 3.05) is 94.9 Å². The Balaban J connectivity index is 0.000000161. The zero-order valence-corrected chi connectivity index (χ0v) is 67.7. The molecule has 0 aliphatic rings. The van der Waals surface area contributed by atoms with Crippen LogP contribution in [0.1, 0.15) is 74.6 Å². The fourth-order valence-electron chi connectivity index (χ4n) is 10.9. The first-order valence-corrected chi connectivity index (χ1v) is 38.1. The van der Waals surface area contributed by atoms with E-state index in [0.717, 1.165) is 146 Å². The summed E-state index contributed by atoms with van der Waals surface area (Å²) in [6.45, 7) is 21.1. The van der Waals surface area contributed by atoms with E-state index in [1.165, 1.54) is 12.3 Å². The van der Waals surface area contributed by atoms with Gasteiger partial charge in [-0.3, -0.25) is 10.2 Å². The van der Waals surface area contributed by atoms with Gasteiger partial charge in [-0.2, -0.15) is 33.9 Å². The number of nitriles is 2. The van der Waals surface area contributed by atoms with Gasteiger partial charge in [0.25, 0.3) is 0 Å². The normalized spacial score (nSPS) is 10.8. The summed E-state index contributed by atoms with van der Waals surface area (Å²) in [4.78, 5) is 44.9. The number of halogens is 9. The first-order valence-electron chi connectivity index (χ1n) is 35.8. The number of nitrogens with one attached hydrogen (secondary N) is 10. The number of aryl methyl sites for hydroxylation is 4. The minimum Gasteiger partial charge on any atom is -0.370 e. The molecule has 0 atom stereocenters. The summed E-state index contributed by atoms with van der Waals surface area (Å²) in [5.74, 6) is 8.18. The van der Waals surface area contributed by atoms with Gasteiger partial charge in [-0.1, -0.05) is 93.9 Å². The van der Waals surface area contributed by atoms with Crippen LogP contribution in [-0.2, 0) is 6.18 Å². The van der Waals surface area contributed by atoms with Crippen LogP contribution in [0.15, 0.2) is 152 Å². The van der Waals surface area contributed by atoms with Crippen LogP contribution >= 0.6 is 69.6 Å². The van der Waals surface area contributed by atoms with Gasteiger partial charge in [0.05, 0.1) is 48.5 Å². The van der Waals surface area contributed by atoms with Crippen molar-refractivity contribution >= 4 is 127 Å². The lowest BCUT2D eigenvalue weighted by Gasteiger charge is -2.14. The Morgan fingerprint density at radius 3 is 1.18 bits per heavy atom. The summed E-state index contributed by atoms with van der Waals surface area (Å²) in [6, 6.07) is 42.3. The highest BCUT2D eigenvalue weighted by molar-refractivity contribution is 6.37. The molecule has 8 heterocycles. The molecule has 0 saturated heterocycles. The number of rotatable bonds is 26. The molecular weight excluding hydrogens is 1580 g/mol. The van der Waals surface area contributed by atoms with Gasteiger partial charge in [-0.15, -0.1) is 0 Å². The number of pyridine rings is 2. The monoisotopic (exact) mass is 1650 g/mol. The number of fused-ring (bicyclic) bond motifs is 1. The van der Waals surface area contributed by atoms with Gasteiger partial charge < -0.3 is 42.5 Å². The first-order chi connectivity index (χ1) is 54.8. The Morgan fingerprint density at radius 2 is 0.781 bits per heavy atom. The zero-order valence-electron chi connectivity index (χ0n) is 63.2. The summed E-state index contributed by atoms with van der Waals surface area (Å²) in [6.07, 6.45) is 1.92. The molecule has 0 bridgehead atoms. The van der Waals surface area contributed by atoms with Crippen LogP contribution in [0.3, 0.4) is 0 Å². The summed E-state index contributed by atoms with van der Waals surface area (Å²) in [5, 5.41) is 61.9. The van der Waals surface area contributed by atoms with Gasteiger partial charge in [0, 0.05) is 147 Å². The molecule has 8 aromatic heterocycles. The molecule has 10 N–H and O–H groups in total. The van der Waals surface area contributed by atoms with Crippen LogP contribution in [-0.4, -0.2) is 123 Å². The van der Waals surface area contributed by atoms with Crippen LogP contribution in [0, 0.1) is 78.1 Å².